The fourth-order valence-corrected chi connectivity index (χ4v) is 4.18. The van der Waals surface area contributed by atoms with Crippen LogP contribution in [0.3, 0.4) is 0 Å². The topological polar surface area (TPSA) is 80.4 Å². The van der Waals surface area contributed by atoms with Crippen LogP contribution < -0.4 is 16.0 Å². The zero-order chi connectivity index (χ0) is 21.3. The Bertz CT molecular complexity index is 1100. The highest BCUT2D eigenvalue weighted by molar-refractivity contribution is 6.08. The van der Waals surface area contributed by atoms with E-state index in [9.17, 15) is 9.59 Å². The van der Waals surface area contributed by atoms with Crippen molar-refractivity contribution in [2.24, 2.45) is 5.73 Å². The zero-order valence-electron chi connectivity index (χ0n) is 17.3. The van der Waals surface area contributed by atoms with Gasteiger partial charge in [0.25, 0.3) is 5.91 Å². The number of hydrogen-bond acceptors (Lipinski definition) is 3. The number of aromatic nitrogens is 1. The Kier molecular flexibility index (Phi) is 5.31. The Balaban J connectivity index is 1.69. The van der Waals surface area contributed by atoms with Crippen LogP contribution in [0.15, 0.2) is 54.6 Å². The Morgan fingerprint density at radius 2 is 1.67 bits per heavy atom. The number of carbonyl (C=O) groups is 2. The molecule has 1 aromatic heterocycles. The van der Waals surface area contributed by atoms with Gasteiger partial charge in [0, 0.05) is 35.7 Å². The van der Waals surface area contributed by atoms with Gasteiger partial charge in [0.15, 0.2) is 0 Å². The molecule has 3 aromatic rings. The quantitative estimate of drug-likeness (QED) is 0.676. The van der Waals surface area contributed by atoms with Crippen molar-refractivity contribution in [2.75, 3.05) is 23.3 Å². The SMILES string of the molecule is Cc1cc(C(=O)Nc2cc(C(N)=O)ccc2N2CCCC2)c(C)n1-c1ccccc1. The van der Waals surface area contributed by atoms with Gasteiger partial charge in [0.2, 0.25) is 5.91 Å². The molecule has 2 aromatic carbocycles. The highest BCUT2D eigenvalue weighted by Gasteiger charge is 2.21. The van der Waals surface area contributed by atoms with Crippen LogP contribution in [0.1, 0.15) is 44.9 Å². The molecule has 30 heavy (non-hydrogen) atoms. The van der Waals surface area contributed by atoms with E-state index in [4.69, 9.17) is 5.73 Å². The molecule has 0 atom stereocenters. The number of carbonyl (C=O) groups excluding carboxylic acids is 2. The summed E-state index contributed by atoms with van der Waals surface area (Å²) in [6.45, 7) is 5.79. The molecule has 3 N–H and O–H groups in total. The van der Waals surface area contributed by atoms with E-state index in [0.29, 0.717) is 16.8 Å². The Morgan fingerprint density at radius 3 is 2.33 bits per heavy atom. The number of amides is 2. The second-order valence-corrected chi connectivity index (χ2v) is 7.70. The lowest BCUT2D eigenvalue weighted by molar-refractivity contribution is 0.0996. The number of nitrogens with two attached hydrogens (primary N) is 1. The maximum Gasteiger partial charge on any atom is 0.257 e. The molecule has 1 aliphatic heterocycles. The summed E-state index contributed by atoms with van der Waals surface area (Å²) in [4.78, 5) is 27.1. The molecule has 0 aliphatic carbocycles. The van der Waals surface area contributed by atoms with Crippen molar-refractivity contribution in [1.82, 2.24) is 4.57 Å². The van der Waals surface area contributed by atoms with Crippen LogP contribution in [0.5, 0.6) is 0 Å². The summed E-state index contributed by atoms with van der Waals surface area (Å²) in [5, 5.41) is 3.03. The second kappa shape index (κ2) is 8.06. The molecule has 1 saturated heterocycles. The second-order valence-electron chi connectivity index (χ2n) is 7.70. The summed E-state index contributed by atoms with van der Waals surface area (Å²) < 4.78 is 2.07. The molecule has 0 saturated carbocycles. The van der Waals surface area contributed by atoms with Gasteiger partial charge in [-0.25, -0.2) is 0 Å². The van der Waals surface area contributed by atoms with E-state index < -0.39 is 5.91 Å². The molecular formula is C24H26N4O2. The van der Waals surface area contributed by atoms with E-state index >= 15 is 0 Å². The van der Waals surface area contributed by atoms with Crippen LogP contribution in [0.4, 0.5) is 11.4 Å². The van der Waals surface area contributed by atoms with Crippen LogP contribution in [0.25, 0.3) is 5.69 Å². The van der Waals surface area contributed by atoms with Gasteiger partial charge < -0.3 is 20.5 Å². The standard InChI is InChI=1S/C24H26N4O2/c1-16-14-20(17(2)28(16)19-8-4-3-5-9-19)24(30)26-21-15-18(23(25)29)10-11-22(21)27-12-6-7-13-27/h3-5,8-11,14-15H,6-7,12-13H2,1-2H3,(H2,25,29)(H,26,30). The fourth-order valence-electron chi connectivity index (χ4n) is 4.18. The Hall–Kier alpha value is -3.54. The molecule has 6 heteroatoms. The smallest absolute Gasteiger partial charge is 0.257 e. The lowest BCUT2D eigenvalue weighted by Crippen LogP contribution is -2.22. The fraction of sp³-hybridized carbons (Fsp3) is 0.250. The minimum atomic E-state index is -0.513. The van der Waals surface area contributed by atoms with E-state index in [1.807, 2.05) is 56.3 Å². The summed E-state index contributed by atoms with van der Waals surface area (Å²) in [5.41, 5.74) is 10.8. The summed E-state index contributed by atoms with van der Waals surface area (Å²) in [7, 11) is 0. The number of hydrogen-bond donors (Lipinski definition) is 2. The predicted molar refractivity (Wildman–Crippen MR) is 120 cm³/mol. The maximum atomic E-state index is 13.2. The van der Waals surface area contributed by atoms with Gasteiger partial charge in [-0.15, -0.1) is 0 Å². The normalized spacial score (nSPS) is 13.5. The van der Waals surface area contributed by atoms with E-state index in [-0.39, 0.29) is 5.91 Å². The van der Waals surface area contributed by atoms with E-state index in [2.05, 4.69) is 14.8 Å². The van der Waals surface area contributed by atoms with E-state index in [0.717, 1.165) is 48.7 Å². The molecule has 1 fully saturated rings. The number of benzene rings is 2. The number of para-hydroxylation sites is 1. The average Bonchev–Trinajstić information content (AvgIpc) is 3.36. The Morgan fingerprint density at radius 1 is 0.967 bits per heavy atom. The van der Waals surface area contributed by atoms with Crippen LogP contribution in [0.2, 0.25) is 0 Å². The summed E-state index contributed by atoms with van der Waals surface area (Å²) >= 11 is 0. The van der Waals surface area contributed by atoms with Crippen LogP contribution in [-0.2, 0) is 0 Å². The molecule has 0 bridgehead atoms. The summed E-state index contributed by atoms with van der Waals surface area (Å²) in [6, 6.07) is 17.1. The third kappa shape index (κ3) is 3.68. The molecule has 0 unspecified atom stereocenters. The highest BCUT2D eigenvalue weighted by Crippen LogP contribution is 2.31. The number of nitrogens with one attached hydrogen (secondary N) is 1. The number of primary amides is 1. The van der Waals surface area contributed by atoms with Gasteiger partial charge in [-0.05, 0) is 63.1 Å². The van der Waals surface area contributed by atoms with Gasteiger partial charge >= 0.3 is 0 Å². The molecule has 4 rings (SSSR count). The molecule has 0 spiro atoms. The molecule has 1 aliphatic rings. The first-order valence-electron chi connectivity index (χ1n) is 10.2. The number of aryl methyl sites for hydroxylation is 1. The molecular weight excluding hydrogens is 376 g/mol. The largest absolute Gasteiger partial charge is 0.370 e. The van der Waals surface area contributed by atoms with Crippen molar-refractivity contribution in [2.45, 2.75) is 26.7 Å². The monoisotopic (exact) mass is 402 g/mol. The van der Waals surface area contributed by atoms with Crippen molar-refractivity contribution in [1.29, 1.82) is 0 Å². The van der Waals surface area contributed by atoms with Crippen LogP contribution in [-0.4, -0.2) is 29.5 Å². The van der Waals surface area contributed by atoms with Crippen molar-refractivity contribution in [3.63, 3.8) is 0 Å². The first-order chi connectivity index (χ1) is 14.5. The number of rotatable bonds is 5. The highest BCUT2D eigenvalue weighted by atomic mass is 16.2. The first kappa shape index (κ1) is 19.8. The van der Waals surface area contributed by atoms with Gasteiger partial charge in [0.05, 0.1) is 16.9 Å². The zero-order valence-corrected chi connectivity index (χ0v) is 17.3. The minimum Gasteiger partial charge on any atom is -0.370 e. The van der Waals surface area contributed by atoms with Crippen molar-refractivity contribution in [3.05, 3.63) is 77.1 Å². The van der Waals surface area contributed by atoms with Gasteiger partial charge in [-0.2, -0.15) is 0 Å². The third-order valence-electron chi connectivity index (χ3n) is 5.67. The van der Waals surface area contributed by atoms with Crippen molar-refractivity contribution >= 4 is 23.2 Å². The molecule has 2 amide bonds. The van der Waals surface area contributed by atoms with Gasteiger partial charge in [-0.3, -0.25) is 9.59 Å². The maximum absolute atomic E-state index is 13.2. The van der Waals surface area contributed by atoms with Crippen LogP contribution in [0, 0.1) is 13.8 Å². The lowest BCUT2D eigenvalue weighted by Gasteiger charge is -2.22. The minimum absolute atomic E-state index is 0.202. The van der Waals surface area contributed by atoms with E-state index in [1.165, 1.54) is 0 Å². The van der Waals surface area contributed by atoms with Gasteiger partial charge in [0.1, 0.15) is 0 Å². The number of nitrogens with zero attached hydrogens (tertiary/aromatic N) is 2. The summed E-state index contributed by atoms with van der Waals surface area (Å²) in [6.07, 6.45) is 2.23. The summed E-state index contributed by atoms with van der Waals surface area (Å²) in [5.74, 6) is -0.715. The Labute approximate surface area is 176 Å². The van der Waals surface area contributed by atoms with Crippen LogP contribution >= 0.6 is 0 Å². The molecule has 6 nitrogen and oxygen atoms in total. The predicted octanol–water partition coefficient (Wildman–Crippen LogP) is 4.05. The van der Waals surface area contributed by atoms with Crippen molar-refractivity contribution in [3.8, 4) is 5.69 Å². The van der Waals surface area contributed by atoms with E-state index in [1.54, 1.807) is 12.1 Å². The average molecular weight is 402 g/mol. The molecule has 154 valence electrons. The lowest BCUT2D eigenvalue weighted by atomic mass is 10.1. The molecule has 2 heterocycles. The molecule has 0 radical (unpaired) electrons. The first-order valence-corrected chi connectivity index (χ1v) is 10.2. The third-order valence-corrected chi connectivity index (χ3v) is 5.67. The van der Waals surface area contributed by atoms with Crippen molar-refractivity contribution < 1.29 is 9.59 Å². The van der Waals surface area contributed by atoms with Gasteiger partial charge in [-0.1, -0.05) is 18.2 Å². The number of anilines is 2.